The van der Waals surface area contributed by atoms with E-state index in [0.717, 1.165) is 53.8 Å². The summed E-state index contributed by atoms with van der Waals surface area (Å²) in [4.78, 5) is 22.2. The van der Waals surface area contributed by atoms with E-state index < -0.39 is 0 Å². The molecule has 0 bridgehead atoms. The third kappa shape index (κ3) is 6.80. The lowest BCUT2D eigenvalue weighted by atomic mass is 10.0. The van der Waals surface area contributed by atoms with E-state index in [1.807, 2.05) is 48.4 Å². The molecule has 9 heteroatoms. The Bertz CT molecular complexity index is 1620. The van der Waals surface area contributed by atoms with E-state index >= 15 is 0 Å². The Morgan fingerprint density at radius 2 is 1.71 bits per heavy atom. The van der Waals surface area contributed by atoms with Crippen molar-refractivity contribution < 1.29 is 9.90 Å². The van der Waals surface area contributed by atoms with E-state index in [1.54, 1.807) is 0 Å². The van der Waals surface area contributed by atoms with Gasteiger partial charge >= 0.3 is 0 Å². The summed E-state index contributed by atoms with van der Waals surface area (Å²) < 4.78 is 1.99. The Morgan fingerprint density at radius 3 is 2.45 bits per heavy atom. The van der Waals surface area contributed by atoms with Crippen molar-refractivity contribution in [2.75, 3.05) is 5.32 Å². The molecule has 3 N–H and O–H groups in total. The van der Waals surface area contributed by atoms with Crippen molar-refractivity contribution in [3.05, 3.63) is 90.4 Å². The minimum Gasteiger partial charge on any atom is -0.483 e. The van der Waals surface area contributed by atoms with Crippen LogP contribution in [-0.2, 0) is 18.4 Å². The number of nitrogens with zero attached hydrogens (tertiary/aromatic N) is 5. The van der Waals surface area contributed by atoms with Gasteiger partial charge in [-0.25, -0.2) is 9.97 Å². The summed E-state index contributed by atoms with van der Waals surface area (Å²) in [5.41, 5.74) is 7.71. The van der Waals surface area contributed by atoms with Crippen LogP contribution >= 0.6 is 0 Å². The second-order valence-electron chi connectivity index (χ2n) is 10.9. The normalized spacial score (nSPS) is 16.3. The van der Waals surface area contributed by atoms with Crippen molar-refractivity contribution in [1.82, 2.24) is 30.0 Å². The number of hydrogen-bond donors (Lipinski definition) is 3. The molecule has 0 saturated heterocycles. The van der Waals surface area contributed by atoms with Crippen molar-refractivity contribution in [1.29, 1.82) is 0 Å². The van der Waals surface area contributed by atoms with Gasteiger partial charge in [-0.2, -0.15) is 5.10 Å². The number of carbonyl (C=O) groups is 1. The molecule has 216 valence electrons. The van der Waals surface area contributed by atoms with Gasteiger partial charge in [0.2, 0.25) is 5.95 Å². The number of anilines is 1. The van der Waals surface area contributed by atoms with Gasteiger partial charge in [-0.15, -0.1) is 0 Å². The van der Waals surface area contributed by atoms with Crippen molar-refractivity contribution in [2.24, 2.45) is 7.05 Å². The lowest BCUT2D eigenvalue weighted by Crippen LogP contribution is -2.28. The number of aryl methyl sites for hydroxylation is 1. The molecule has 0 aliphatic heterocycles. The predicted molar refractivity (Wildman–Crippen MR) is 166 cm³/mol. The monoisotopic (exact) mass is 563 g/mol. The largest absolute Gasteiger partial charge is 0.483 e. The van der Waals surface area contributed by atoms with Crippen LogP contribution in [0.2, 0.25) is 0 Å². The zero-order valence-electron chi connectivity index (χ0n) is 24.2. The zero-order chi connectivity index (χ0) is 29.5. The highest BCUT2D eigenvalue weighted by Gasteiger charge is 2.25. The SMILES string of the molecule is CC(C)c1c2cc(-c3ccnc(N[C@H]4CC[C@H](NCc5ccc(-c6ccccn6)cc5)C4)n3)ccc2nn1C.O=CO. The average Bonchev–Trinajstić information content (AvgIpc) is 3.59. The van der Waals surface area contributed by atoms with Crippen LogP contribution in [0.4, 0.5) is 5.95 Å². The lowest BCUT2D eigenvalue weighted by molar-refractivity contribution is -0.122. The highest BCUT2D eigenvalue weighted by molar-refractivity contribution is 5.86. The quantitative estimate of drug-likeness (QED) is 0.196. The minimum atomic E-state index is -0.250. The maximum atomic E-state index is 8.36. The van der Waals surface area contributed by atoms with Gasteiger partial charge in [-0.05, 0) is 61.1 Å². The molecule has 1 fully saturated rings. The van der Waals surface area contributed by atoms with Crippen LogP contribution in [0.5, 0.6) is 0 Å². The van der Waals surface area contributed by atoms with Gasteiger partial charge in [-0.3, -0.25) is 14.5 Å². The number of hydrogen-bond acceptors (Lipinski definition) is 7. The van der Waals surface area contributed by atoms with Gasteiger partial charge in [0, 0.05) is 60.3 Å². The van der Waals surface area contributed by atoms with Gasteiger partial charge < -0.3 is 15.7 Å². The first-order valence-corrected chi connectivity index (χ1v) is 14.3. The standard InChI is InChI=1S/C32H35N7.CH2O2/c1-21(2)31-27-18-24(11-14-30(27)38-39(31)3)29-15-17-34-32(37-29)36-26-13-12-25(19-26)35-20-22-7-9-23(10-8-22)28-6-4-5-16-33-28;2-1-3/h4-11,14-18,21,25-26,35H,12-13,19-20H2,1-3H3,(H,34,36,37);1H,(H,2,3)/t25-,26-;/m0./s1. The number of pyridine rings is 1. The fourth-order valence-electron chi connectivity index (χ4n) is 5.72. The van der Waals surface area contributed by atoms with Crippen molar-refractivity contribution in [2.45, 2.75) is 57.7 Å². The molecule has 1 aliphatic carbocycles. The van der Waals surface area contributed by atoms with Crippen LogP contribution in [0.1, 0.15) is 50.3 Å². The zero-order valence-corrected chi connectivity index (χ0v) is 24.2. The molecule has 0 amide bonds. The topological polar surface area (TPSA) is 118 Å². The van der Waals surface area contributed by atoms with Crippen LogP contribution in [0.3, 0.4) is 0 Å². The molecule has 3 heterocycles. The number of benzene rings is 2. The third-order valence-electron chi connectivity index (χ3n) is 7.65. The molecule has 6 rings (SSSR count). The van der Waals surface area contributed by atoms with Gasteiger partial charge in [0.15, 0.2) is 0 Å². The molecule has 5 aromatic rings. The summed E-state index contributed by atoms with van der Waals surface area (Å²) in [7, 11) is 2.02. The highest BCUT2D eigenvalue weighted by atomic mass is 16.3. The summed E-state index contributed by atoms with van der Waals surface area (Å²) in [6, 6.07) is 23.9. The number of rotatable bonds is 8. The molecule has 1 aliphatic rings. The summed E-state index contributed by atoms with van der Waals surface area (Å²) in [5.74, 6) is 1.09. The van der Waals surface area contributed by atoms with Crippen molar-refractivity contribution >= 4 is 23.3 Å². The molecule has 1 saturated carbocycles. The van der Waals surface area contributed by atoms with Crippen molar-refractivity contribution in [3.63, 3.8) is 0 Å². The Hall–Kier alpha value is -4.63. The van der Waals surface area contributed by atoms with Gasteiger partial charge in [-0.1, -0.05) is 50.2 Å². The smallest absolute Gasteiger partial charge is 0.290 e. The first-order chi connectivity index (χ1) is 20.4. The highest BCUT2D eigenvalue weighted by Crippen LogP contribution is 2.30. The Morgan fingerprint density at radius 1 is 0.952 bits per heavy atom. The molecule has 0 unspecified atom stereocenters. The fraction of sp³-hybridized carbons (Fsp3) is 0.303. The first kappa shape index (κ1) is 28.9. The maximum absolute atomic E-state index is 8.36. The van der Waals surface area contributed by atoms with E-state index in [1.165, 1.54) is 16.6 Å². The second-order valence-corrected chi connectivity index (χ2v) is 10.9. The summed E-state index contributed by atoms with van der Waals surface area (Å²) in [6.07, 6.45) is 6.97. The van der Waals surface area contributed by atoms with Gasteiger partial charge in [0.25, 0.3) is 6.47 Å². The average molecular weight is 564 g/mol. The second kappa shape index (κ2) is 13.4. The van der Waals surface area contributed by atoms with E-state index in [2.05, 4.69) is 82.0 Å². The van der Waals surface area contributed by atoms with Crippen LogP contribution in [-0.4, -0.2) is 48.4 Å². The Balaban J connectivity index is 0.00000113. The van der Waals surface area contributed by atoms with Crippen molar-refractivity contribution in [3.8, 4) is 22.5 Å². The van der Waals surface area contributed by atoms with Crippen LogP contribution in [0.15, 0.2) is 79.1 Å². The minimum absolute atomic E-state index is 0.250. The first-order valence-electron chi connectivity index (χ1n) is 14.3. The van der Waals surface area contributed by atoms with Crippen LogP contribution in [0.25, 0.3) is 33.4 Å². The summed E-state index contributed by atoms with van der Waals surface area (Å²) in [5, 5.41) is 20.1. The molecule has 42 heavy (non-hydrogen) atoms. The lowest BCUT2D eigenvalue weighted by Gasteiger charge is -2.15. The molecule has 0 spiro atoms. The van der Waals surface area contributed by atoms with E-state index in [0.29, 0.717) is 23.9 Å². The number of nitrogens with one attached hydrogen (secondary N) is 2. The van der Waals surface area contributed by atoms with Gasteiger partial charge in [0.1, 0.15) is 0 Å². The summed E-state index contributed by atoms with van der Waals surface area (Å²) >= 11 is 0. The van der Waals surface area contributed by atoms with E-state index in [4.69, 9.17) is 14.9 Å². The molecule has 2 atom stereocenters. The predicted octanol–water partition coefficient (Wildman–Crippen LogP) is 6.04. The number of fused-ring (bicyclic) bond motifs is 1. The van der Waals surface area contributed by atoms with Crippen LogP contribution < -0.4 is 10.6 Å². The molecule has 0 radical (unpaired) electrons. The Kier molecular flexibility index (Phi) is 9.18. The molecular formula is C33H37N7O2. The molecule has 3 aromatic heterocycles. The third-order valence-corrected chi connectivity index (χ3v) is 7.65. The fourth-order valence-corrected chi connectivity index (χ4v) is 5.72. The van der Waals surface area contributed by atoms with E-state index in [-0.39, 0.29) is 6.47 Å². The van der Waals surface area contributed by atoms with E-state index in [9.17, 15) is 0 Å². The number of aromatic nitrogens is 5. The number of carboxylic acid groups (broad SMARTS) is 1. The maximum Gasteiger partial charge on any atom is 0.290 e. The van der Waals surface area contributed by atoms with Gasteiger partial charge in [0.05, 0.1) is 16.9 Å². The molecular weight excluding hydrogens is 526 g/mol. The summed E-state index contributed by atoms with van der Waals surface area (Å²) in [6.45, 7) is 5.03. The Labute approximate surface area is 246 Å². The molecule has 9 nitrogen and oxygen atoms in total. The molecule has 2 aromatic carbocycles. The van der Waals surface area contributed by atoms with Crippen LogP contribution in [0, 0.1) is 0 Å².